The molecule has 1 saturated heterocycles. The maximum Gasteiger partial charge on any atom is 0.226 e. The number of H-pyrrole nitrogens is 1. The van der Waals surface area contributed by atoms with Gasteiger partial charge >= 0.3 is 0 Å². The summed E-state index contributed by atoms with van der Waals surface area (Å²) in [6.07, 6.45) is 2.27. The van der Waals surface area contributed by atoms with Crippen molar-refractivity contribution in [1.82, 2.24) is 9.88 Å². The molecule has 1 aliphatic heterocycles. The minimum atomic E-state index is 0.0545. The van der Waals surface area contributed by atoms with Crippen molar-refractivity contribution >= 4 is 5.91 Å². The van der Waals surface area contributed by atoms with Gasteiger partial charge in [0.05, 0.1) is 6.42 Å². The topological polar surface area (TPSA) is 53.2 Å². The molecule has 4 heteroatoms. The number of piperidine rings is 1. The standard InChI is InChI=1S/C19H22N2O2/c1-14-11-17(22)13-18(20-14)16-7-9-21(10-8-16)19(23)12-15-5-3-2-4-6-15/h2-6,11,13,16H,7-10,12H2,1H3,(H,20,22). The summed E-state index contributed by atoms with van der Waals surface area (Å²) in [5.41, 5.74) is 3.02. The predicted molar refractivity (Wildman–Crippen MR) is 90.5 cm³/mol. The molecular weight excluding hydrogens is 288 g/mol. The Balaban J connectivity index is 1.59. The Bertz CT molecular complexity index is 729. The normalized spacial score (nSPS) is 15.6. The lowest BCUT2D eigenvalue weighted by Crippen LogP contribution is -2.39. The number of hydrogen-bond donors (Lipinski definition) is 1. The third kappa shape index (κ3) is 3.89. The molecule has 0 unspecified atom stereocenters. The van der Waals surface area contributed by atoms with E-state index < -0.39 is 0 Å². The van der Waals surface area contributed by atoms with Crippen LogP contribution in [0.5, 0.6) is 0 Å². The third-order valence-electron chi connectivity index (χ3n) is 4.48. The van der Waals surface area contributed by atoms with Gasteiger partial charge in [-0.25, -0.2) is 0 Å². The lowest BCUT2D eigenvalue weighted by Gasteiger charge is -2.32. The molecule has 0 saturated carbocycles. The lowest BCUT2D eigenvalue weighted by atomic mass is 9.92. The van der Waals surface area contributed by atoms with Crippen LogP contribution in [0.15, 0.2) is 47.3 Å². The number of aromatic amines is 1. The number of pyridine rings is 1. The van der Waals surface area contributed by atoms with Crippen molar-refractivity contribution in [1.29, 1.82) is 0 Å². The number of carbonyl (C=O) groups excluding carboxylic acids is 1. The number of carbonyl (C=O) groups is 1. The van der Waals surface area contributed by atoms with Crippen LogP contribution < -0.4 is 5.43 Å². The van der Waals surface area contributed by atoms with Crippen LogP contribution in [0.2, 0.25) is 0 Å². The van der Waals surface area contributed by atoms with E-state index in [-0.39, 0.29) is 11.3 Å². The summed E-state index contributed by atoms with van der Waals surface area (Å²) < 4.78 is 0. The molecule has 1 aromatic carbocycles. The first-order chi connectivity index (χ1) is 11.1. The number of nitrogens with zero attached hydrogens (tertiary/aromatic N) is 1. The van der Waals surface area contributed by atoms with Crippen LogP contribution in [0.3, 0.4) is 0 Å². The second-order valence-corrected chi connectivity index (χ2v) is 6.27. The lowest BCUT2D eigenvalue weighted by molar-refractivity contribution is -0.131. The molecule has 2 heterocycles. The Kier molecular flexibility index (Phi) is 4.60. The van der Waals surface area contributed by atoms with Crippen molar-refractivity contribution in [2.75, 3.05) is 13.1 Å². The molecule has 23 heavy (non-hydrogen) atoms. The van der Waals surface area contributed by atoms with Gasteiger partial charge in [-0.2, -0.15) is 0 Å². The summed E-state index contributed by atoms with van der Waals surface area (Å²) >= 11 is 0. The van der Waals surface area contributed by atoms with Crippen molar-refractivity contribution < 1.29 is 4.79 Å². The van der Waals surface area contributed by atoms with Crippen LogP contribution in [0.4, 0.5) is 0 Å². The van der Waals surface area contributed by atoms with Crippen LogP contribution >= 0.6 is 0 Å². The molecule has 0 radical (unpaired) electrons. The first-order valence-corrected chi connectivity index (χ1v) is 8.14. The monoisotopic (exact) mass is 310 g/mol. The average molecular weight is 310 g/mol. The maximum absolute atomic E-state index is 12.4. The summed E-state index contributed by atoms with van der Waals surface area (Å²) in [7, 11) is 0. The largest absolute Gasteiger partial charge is 0.362 e. The highest BCUT2D eigenvalue weighted by Gasteiger charge is 2.24. The van der Waals surface area contributed by atoms with Gasteiger partial charge < -0.3 is 9.88 Å². The van der Waals surface area contributed by atoms with Crippen molar-refractivity contribution in [3.8, 4) is 0 Å². The molecule has 0 bridgehead atoms. The first-order valence-electron chi connectivity index (χ1n) is 8.14. The highest BCUT2D eigenvalue weighted by atomic mass is 16.2. The summed E-state index contributed by atoms with van der Waals surface area (Å²) in [5, 5.41) is 0. The highest BCUT2D eigenvalue weighted by Crippen LogP contribution is 2.26. The van der Waals surface area contributed by atoms with Crippen LogP contribution in [0.25, 0.3) is 0 Å². The van der Waals surface area contributed by atoms with Gasteiger partial charge in [-0.3, -0.25) is 9.59 Å². The molecule has 3 rings (SSSR count). The van der Waals surface area contributed by atoms with E-state index in [2.05, 4.69) is 4.98 Å². The first kappa shape index (κ1) is 15.5. The van der Waals surface area contributed by atoms with E-state index in [1.54, 1.807) is 12.1 Å². The molecule has 0 atom stereocenters. The molecule has 2 aromatic rings. The zero-order chi connectivity index (χ0) is 16.2. The van der Waals surface area contributed by atoms with Crippen LogP contribution in [-0.2, 0) is 11.2 Å². The molecule has 1 amide bonds. The molecule has 0 aliphatic carbocycles. The number of benzene rings is 1. The molecule has 1 N–H and O–H groups in total. The third-order valence-corrected chi connectivity index (χ3v) is 4.48. The van der Waals surface area contributed by atoms with Gasteiger partial charge in [-0.05, 0) is 25.3 Å². The smallest absolute Gasteiger partial charge is 0.226 e. The number of aromatic nitrogens is 1. The number of hydrogen-bond acceptors (Lipinski definition) is 2. The Morgan fingerprint density at radius 1 is 1.17 bits per heavy atom. The van der Waals surface area contributed by atoms with Crippen molar-refractivity contribution in [3.63, 3.8) is 0 Å². The fourth-order valence-electron chi connectivity index (χ4n) is 3.25. The minimum Gasteiger partial charge on any atom is -0.362 e. The zero-order valence-electron chi connectivity index (χ0n) is 13.4. The molecule has 1 aromatic heterocycles. The fourth-order valence-corrected chi connectivity index (χ4v) is 3.25. The highest BCUT2D eigenvalue weighted by molar-refractivity contribution is 5.78. The number of amides is 1. The fraction of sp³-hybridized carbons (Fsp3) is 0.368. The van der Waals surface area contributed by atoms with E-state index in [9.17, 15) is 9.59 Å². The van der Waals surface area contributed by atoms with Gasteiger partial charge in [0.25, 0.3) is 0 Å². The SMILES string of the molecule is Cc1cc(=O)cc(C2CCN(C(=O)Cc3ccccc3)CC2)[nH]1. The van der Waals surface area contributed by atoms with Gasteiger partial charge in [0.2, 0.25) is 5.91 Å². The van der Waals surface area contributed by atoms with Crippen molar-refractivity contribution in [2.24, 2.45) is 0 Å². The van der Waals surface area contributed by atoms with Gasteiger partial charge in [0, 0.05) is 42.5 Å². The van der Waals surface area contributed by atoms with Crippen molar-refractivity contribution in [2.45, 2.75) is 32.1 Å². The van der Waals surface area contributed by atoms with Crippen molar-refractivity contribution in [3.05, 3.63) is 69.6 Å². The maximum atomic E-state index is 12.4. The van der Waals surface area contributed by atoms with E-state index in [0.717, 1.165) is 42.9 Å². The second-order valence-electron chi connectivity index (χ2n) is 6.27. The molecule has 120 valence electrons. The number of rotatable bonds is 3. The Labute approximate surface area is 136 Å². The zero-order valence-corrected chi connectivity index (χ0v) is 13.4. The summed E-state index contributed by atoms with van der Waals surface area (Å²) in [6, 6.07) is 13.2. The van der Waals surface area contributed by atoms with E-state index in [4.69, 9.17) is 0 Å². The van der Waals surface area contributed by atoms with Crippen LogP contribution in [0.1, 0.15) is 35.7 Å². The number of likely N-dealkylation sites (tertiary alicyclic amines) is 1. The summed E-state index contributed by atoms with van der Waals surface area (Å²) in [5.74, 6) is 0.524. The van der Waals surface area contributed by atoms with Gasteiger partial charge in [-0.1, -0.05) is 30.3 Å². The van der Waals surface area contributed by atoms with E-state index >= 15 is 0 Å². The van der Waals surface area contributed by atoms with Gasteiger partial charge in [0.15, 0.2) is 5.43 Å². The molecule has 0 spiro atoms. The summed E-state index contributed by atoms with van der Waals surface area (Å²) in [6.45, 7) is 3.42. The molecule has 1 fully saturated rings. The average Bonchev–Trinajstić information content (AvgIpc) is 2.55. The number of aryl methyl sites for hydroxylation is 1. The predicted octanol–water partition coefficient (Wildman–Crippen LogP) is 2.63. The Hall–Kier alpha value is -2.36. The van der Waals surface area contributed by atoms with E-state index in [1.165, 1.54) is 0 Å². The quantitative estimate of drug-likeness (QED) is 0.947. The van der Waals surface area contributed by atoms with Crippen LogP contribution in [-0.4, -0.2) is 28.9 Å². The molecular formula is C19H22N2O2. The minimum absolute atomic E-state index is 0.0545. The van der Waals surface area contributed by atoms with Gasteiger partial charge in [0.1, 0.15) is 0 Å². The summed E-state index contributed by atoms with van der Waals surface area (Å²) in [4.78, 5) is 29.3. The van der Waals surface area contributed by atoms with Crippen LogP contribution in [0, 0.1) is 6.92 Å². The number of nitrogens with one attached hydrogen (secondary N) is 1. The van der Waals surface area contributed by atoms with E-state index in [1.807, 2.05) is 42.2 Å². The molecule has 4 nitrogen and oxygen atoms in total. The Morgan fingerprint density at radius 2 is 1.87 bits per heavy atom. The second kappa shape index (κ2) is 6.82. The molecule has 1 aliphatic rings. The van der Waals surface area contributed by atoms with Gasteiger partial charge in [-0.15, -0.1) is 0 Å². The van der Waals surface area contributed by atoms with E-state index in [0.29, 0.717) is 12.3 Å². The Morgan fingerprint density at radius 3 is 2.52 bits per heavy atom.